The van der Waals surface area contributed by atoms with Gasteiger partial charge in [-0.1, -0.05) is 41.4 Å². The van der Waals surface area contributed by atoms with Gasteiger partial charge in [0.05, 0.1) is 22.3 Å². The number of hydrogen-bond donors (Lipinski definition) is 1. The van der Waals surface area contributed by atoms with Crippen LogP contribution in [0.3, 0.4) is 0 Å². The number of ether oxygens (including phenoxy) is 1. The van der Waals surface area contributed by atoms with Gasteiger partial charge in [0.25, 0.3) is 0 Å². The molecule has 1 N–H and O–H groups in total. The van der Waals surface area contributed by atoms with E-state index in [4.69, 9.17) is 27.9 Å². The molecular formula is C22H26Cl2N2O4S. The number of hydrogen-bond acceptors (Lipinski definition) is 4. The van der Waals surface area contributed by atoms with Crippen LogP contribution in [0, 0.1) is 12.8 Å². The molecule has 1 fully saturated rings. The molecule has 1 heterocycles. The fraction of sp³-hybridized carbons (Fsp3) is 0.409. The summed E-state index contributed by atoms with van der Waals surface area (Å²) in [6.45, 7) is 3.42. The first kappa shape index (κ1) is 23.9. The summed E-state index contributed by atoms with van der Waals surface area (Å²) in [6, 6.07) is 12.6. The van der Waals surface area contributed by atoms with Crippen LogP contribution in [0.4, 0.5) is 0 Å². The zero-order chi connectivity index (χ0) is 22.4. The lowest BCUT2D eigenvalue weighted by atomic mass is 9.97. The number of sulfonamides is 1. The van der Waals surface area contributed by atoms with Gasteiger partial charge in [0.15, 0.2) is 0 Å². The highest BCUT2D eigenvalue weighted by Gasteiger charge is 2.31. The number of nitrogens with zero attached hydrogens (tertiary/aromatic N) is 1. The van der Waals surface area contributed by atoms with Crippen LogP contribution in [0.1, 0.15) is 24.0 Å². The number of amides is 1. The average Bonchev–Trinajstić information content (AvgIpc) is 2.74. The van der Waals surface area contributed by atoms with Gasteiger partial charge >= 0.3 is 0 Å². The van der Waals surface area contributed by atoms with E-state index < -0.39 is 10.0 Å². The van der Waals surface area contributed by atoms with Crippen LogP contribution < -0.4 is 10.1 Å². The van der Waals surface area contributed by atoms with Crippen LogP contribution in [-0.2, 0) is 20.6 Å². The quantitative estimate of drug-likeness (QED) is 0.573. The van der Waals surface area contributed by atoms with Gasteiger partial charge in [-0.15, -0.1) is 0 Å². The Morgan fingerprint density at radius 2 is 1.87 bits per heavy atom. The maximum absolute atomic E-state index is 12.7. The molecule has 1 aliphatic heterocycles. The second-order valence-corrected chi connectivity index (χ2v) is 10.4. The average molecular weight is 485 g/mol. The predicted molar refractivity (Wildman–Crippen MR) is 123 cm³/mol. The van der Waals surface area contributed by atoms with Gasteiger partial charge in [-0.25, -0.2) is 12.7 Å². The Morgan fingerprint density at radius 3 is 2.55 bits per heavy atom. The van der Waals surface area contributed by atoms with Gasteiger partial charge in [-0.3, -0.25) is 4.79 Å². The minimum Gasteiger partial charge on any atom is -0.492 e. The van der Waals surface area contributed by atoms with Gasteiger partial charge in [0.2, 0.25) is 15.9 Å². The Labute approximate surface area is 193 Å². The van der Waals surface area contributed by atoms with Crippen molar-refractivity contribution in [3.05, 3.63) is 63.6 Å². The third kappa shape index (κ3) is 6.84. The maximum Gasteiger partial charge on any atom is 0.223 e. The van der Waals surface area contributed by atoms with E-state index in [0.717, 1.165) is 11.3 Å². The lowest BCUT2D eigenvalue weighted by molar-refractivity contribution is -0.126. The highest BCUT2D eigenvalue weighted by Crippen LogP contribution is 2.26. The largest absolute Gasteiger partial charge is 0.492 e. The Balaban J connectivity index is 1.42. The zero-order valence-electron chi connectivity index (χ0n) is 17.3. The molecule has 6 nitrogen and oxygen atoms in total. The van der Waals surface area contributed by atoms with Crippen molar-refractivity contribution in [1.29, 1.82) is 0 Å². The summed E-state index contributed by atoms with van der Waals surface area (Å²) in [5, 5.41) is 3.60. The Morgan fingerprint density at radius 1 is 1.13 bits per heavy atom. The number of carbonyl (C=O) groups is 1. The smallest absolute Gasteiger partial charge is 0.223 e. The van der Waals surface area contributed by atoms with Crippen molar-refractivity contribution < 1.29 is 17.9 Å². The maximum atomic E-state index is 12.7. The molecule has 31 heavy (non-hydrogen) atoms. The van der Waals surface area contributed by atoms with Gasteiger partial charge in [-0.05, 0) is 55.2 Å². The highest BCUT2D eigenvalue weighted by atomic mass is 35.5. The third-order valence-electron chi connectivity index (χ3n) is 5.21. The van der Waals surface area contributed by atoms with Crippen molar-refractivity contribution in [2.24, 2.45) is 5.92 Å². The first-order valence-electron chi connectivity index (χ1n) is 10.1. The highest BCUT2D eigenvalue weighted by molar-refractivity contribution is 7.88. The van der Waals surface area contributed by atoms with Crippen LogP contribution in [-0.4, -0.2) is 44.9 Å². The fourth-order valence-corrected chi connectivity index (χ4v) is 5.39. The molecule has 1 aliphatic rings. The molecule has 0 atom stereocenters. The summed E-state index contributed by atoms with van der Waals surface area (Å²) in [7, 11) is -3.49. The first-order valence-corrected chi connectivity index (χ1v) is 12.5. The van der Waals surface area contributed by atoms with E-state index in [1.807, 2.05) is 31.2 Å². The van der Waals surface area contributed by atoms with E-state index in [9.17, 15) is 13.2 Å². The Hall–Kier alpha value is -1.80. The SMILES string of the molecule is Cc1cccc(OCCNC(=O)C2CCN(S(=O)(=O)Cc3ccc(Cl)c(Cl)c3)CC2)c1. The number of rotatable bonds is 8. The standard InChI is InChI=1S/C22H26Cl2N2O4S/c1-16-3-2-4-19(13-16)30-12-9-25-22(27)18-7-10-26(11-8-18)31(28,29)15-17-5-6-20(23)21(24)14-17/h2-6,13-14,18H,7-12,15H2,1H3,(H,25,27). The molecule has 1 amide bonds. The molecule has 9 heteroatoms. The molecule has 0 saturated carbocycles. The van der Waals surface area contributed by atoms with Gasteiger partial charge in [0.1, 0.15) is 12.4 Å². The zero-order valence-corrected chi connectivity index (χ0v) is 19.6. The van der Waals surface area contributed by atoms with Crippen molar-refractivity contribution in [3.63, 3.8) is 0 Å². The minimum atomic E-state index is -3.49. The molecule has 3 rings (SSSR count). The lowest BCUT2D eigenvalue weighted by Gasteiger charge is -2.30. The summed E-state index contributed by atoms with van der Waals surface area (Å²) < 4.78 is 32.5. The van der Waals surface area contributed by atoms with E-state index in [1.165, 1.54) is 4.31 Å². The van der Waals surface area contributed by atoms with Gasteiger partial charge in [-0.2, -0.15) is 0 Å². The van der Waals surface area contributed by atoms with Crippen molar-refractivity contribution in [1.82, 2.24) is 9.62 Å². The molecule has 168 valence electrons. The van der Waals surface area contributed by atoms with Crippen molar-refractivity contribution >= 4 is 39.1 Å². The Kier molecular flexibility index (Phi) is 8.22. The summed E-state index contributed by atoms with van der Waals surface area (Å²) in [4.78, 5) is 12.4. The van der Waals surface area contributed by atoms with Crippen LogP contribution in [0.5, 0.6) is 5.75 Å². The van der Waals surface area contributed by atoms with Crippen molar-refractivity contribution in [3.8, 4) is 5.75 Å². The van der Waals surface area contributed by atoms with Crippen molar-refractivity contribution in [2.45, 2.75) is 25.5 Å². The number of carbonyl (C=O) groups excluding carboxylic acids is 1. The van der Waals surface area contributed by atoms with E-state index in [0.29, 0.717) is 54.7 Å². The number of nitrogens with one attached hydrogen (secondary N) is 1. The predicted octanol–water partition coefficient (Wildman–Crippen LogP) is 4.04. The second-order valence-electron chi connectivity index (χ2n) is 7.63. The third-order valence-corrected chi connectivity index (χ3v) is 7.80. The molecule has 0 aromatic heterocycles. The summed E-state index contributed by atoms with van der Waals surface area (Å²) in [5.74, 6) is 0.372. The molecule has 1 saturated heterocycles. The molecule has 0 bridgehead atoms. The lowest BCUT2D eigenvalue weighted by Crippen LogP contribution is -2.43. The number of aryl methyl sites for hydroxylation is 1. The summed E-state index contributed by atoms with van der Waals surface area (Å²) in [6.07, 6.45) is 0.982. The fourth-order valence-electron chi connectivity index (χ4n) is 3.52. The van der Waals surface area contributed by atoms with Gasteiger partial charge < -0.3 is 10.1 Å². The molecule has 0 radical (unpaired) electrons. The monoisotopic (exact) mass is 484 g/mol. The van der Waals surface area contributed by atoms with E-state index in [1.54, 1.807) is 18.2 Å². The molecular weight excluding hydrogens is 459 g/mol. The first-order chi connectivity index (χ1) is 14.7. The number of halogens is 2. The molecule has 0 unspecified atom stereocenters. The second kappa shape index (κ2) is 10.7. The topological polar surface area (TPSA) is 75.7 Å². The molecule has 0 aliphatic carbocycles. The minimum absolute atomic E-state index is 0.0608. The van der Waals surface area contributed by atoms with E-state index >= 15 is 0 Å². The molecule has 2 aromatic rings. The number of piperidine rings is 1. The van der Waals surface area contributed by atoms with Crippen LogP contribution in [0.15, 0.2) is 42.5 Å². The molecule has 2 aromatic carbocycles. The van der Waals surface area contributed by atoms with E-state index in [2.05, 4.69) is 5.32 Å². The van der Waals surface area contributed by atoms with Crippen LogP contribution in [0.2, 0.25) is 10.0 Å². The van der Waals surface area contributed by atoms with E-state index in [-0.39, 0.29) is 17.6 Å². The summed E-state index contributed by atoms with van der Waals surface area (Å²) >= 11 is 11.9. The van der Waals surface area contributed by atoms with Crippen LogP contribution >= 0.6 is 23.2 Å². The Bertz CT molecular complexity index is 1020. The normalized spacial score (nSPS) is 15.6. The molecule has 0 spiro atoms. The van der Waals surface area contributed by atoms with Crippen LogP contribution in [0.25, 0.3) is 0 Å². The van der Waals surface area contributed by atoms with Gasteiger partial charge in [0, 0.05) is 19.0 Å². The van der Waals surface area contributed by atoms with Crippen molar-refractivity contribution in [2.75, 3.05) is 26.2 Å². The summed E-state index contributed by atoms with van der Waals surface area (Å²) in [5.41, 5.74) is 1.70. The number of benzene rings is 2.